The number of carboxylic acid groups (broad SMARTS) is 1. The standard InChI is InChI=1S/C27H27FN6O7S/c1-14(35)30-10-18-12-33(27(40)41-18)17-2-3-19(20(28)8-17)15-4-6-32(7-5-15)11-16-13-42-25-22(31-21(36)9-29)24(37)34(25)23(16)26(38)39/h2-8,18,22,25H,9-13,29H2,1H3,(H2-,30,31,35,36,38,39)/t18-,22+,25?/m0/s1. The number of nitrogens with two attached hydrogens (primary N) is 1. The van der Waals surface area contributed by atoms with Crippen molar-refractivity contribution >= 4 is 47.2 Å². The summed E-state index contributed by atoms with van der Waals surface area (Å²) in [6, 6.07) is 6.85. The normalized spacial score (nSPS) is 21.5. The molecule has 42 heavy (non-hydrogen) atoms. The molecule has 3 atom stereocenters. The van der Waals surface area contributed by atoms with Crippen LogP contribution in [0, 0.1) is 5.82 Å². The number of hydrogen-bond acceptors (Lipinski definition) is 9. The number of amides is 4. The number of carboxylic acids is 1. The molecule has 4 N–H and O–H groups in total. The highest BCUT2D eigenvalue weighted by Gasteiger charge is 2.53. The predicted octanol–water partition coefficient (Wildman–Crippen LogP) is -1.40. The first-order valence-corrected chi connectivity index (χ1v) is 14.0. The Labute approximate surface area is 243 Å². The van der Waals surface area contributed by atoms with E-state index in [0.717, 1.165) is 4.90 Å². The molecule has 220 valence electrons. The average Bonchev–Trinajstić information content (AvgIpc) is 3.35. The van der Waals surface area contributed by atoms with Gasteiger partial charge < -0.3 is 31.0 Å². The van der Waals surface area contributed by atoms with E-state index in [4.69, 9.17) is 10.5 Å². The van der Waals surface area contributed by atoms with Gasteiger partial charge in [-0.2, -0.15) is 0 Å². The van der Waals surface area contributed by atoms with Crippen molar-refractivity contribution in [2.45, 2.75) is 31.0 Å². The van der Waals surface area contributed by atoms with E-state index in [1.807, 2.05) is 0 Å². The summed E-state index contributed by atoms with van der Waals surface area (Å²) in [5, 5.41) is 16.5. The zero-order valence-electron chi connectivity index (χ0n) is 22.4. The number of halogens is 1. The van der Waals surface area contributed by atoms with Gasteiger partial charge in [-0.05, 0) is 23.8 Å². The third-order valence-corrected chi connectivity index (χ3v) is 8.37. The molecule has 2 saturated heterocycles. The number of aromatic nitrogens is 1. The minimum Gasteiger partial charge on any atom is -0.543 e. The fourth-order valence-corrected chi connectivity index (χ4v) is 6.33. The zero-order chi connectivity index (χ0) is 30.1. The molecule has 2 aromatic rings. The predicted molar refractivity (Wildman–Crippen MR) is 144 cm³/mol. The van der Waals surface area contributed by atoms with Crippen LogP contribution in [0.15, 0.2) is 54.0 Å². The molecule has 0 aliphatic carbocycles. The highest BCUT2D eigenvalue weighted by Crippen LogP contribution is 2.40. The number of ether oxygens (including phenoxy) is 1. The van der Waals surface area contributed by atoms with Gasteiger partial charge >= 0.3 is 6.09 Å². The first-order chi connectivity index (χ1) is 20.1. The molecule has 3 aliphatic rings. The van der Waals surface area contributed by atoms with Crippen molar-refractivity contribution in [1.82, 2.24) is 15.5 Å². The summed E-state index contributed by atoms with van der Waals surface area (Å²) < 4.78 is 22.1. The van der Waals surface area contributed by atoms with Crippen LogP contribution in [0.4, 0.5) is 14.9 Å². The topological polar surface area (TPSA) is 178 Å². The lowest BCUT2D eigenvalue weighted by atomic mass is 10.0. The number of β-lactam (4-membered cyclic amide) rings is 1. The van der Waals surface area contributed by atoms with Crippen LogP contribution in [0.1, 0.15) is 6.92 Å². The van der Waals surface area contributed by atoms with Crippen LogP contribution in [-0.4, -0.2) is 77.6 Å². The number of nitrogens with zero attached hydrogens (tertiary/aromatic N) is 3. The number of benzene rings is 1. The quantitative estimate of drug-likeness (QED) is 0.231. The number of pyridine rings is 1. The van der Waals surface area contributed by atoms with Gasteiger partial charge in [-0.3, -0.25) is 24.2 Å². The molecule has 0 spiro atoms. The van der Waals surface area contributed by atoms with E-state index >= 15 is 4.39 Å². The Kier molecular flexibility index (Phi) is 8.13. The third kappa shape index (κ3) is 5.65. The largest absolute Gasteiger partial charge is 0.543 e. The fraction of sp³-hybridized carbons (Fsp3) is 0.333. The number of fused-ring (bicyclic) bond motifs is 1. The Bertz CT molecular complexity index is 1500. The van der Waals surface area contributed by atoms with Gasteiger partial charge in [0.05, 0.1) is 37.0 Å². The maximum atomic E-state index is 15.1. The van der Waals surface area contributed by atoms with E-state index < -0.39 is 47.2 Å². The maximum Gasteiger partial charge on any atom is 0.414 e. The number of carbonyl (C=O) groups is 5. The third-order valence-electron chi connectivity index (χ3n) is 7.04. The van der Waals surface area contributed by atoms with E-state index in [2.05, 4.69) is 10.6 Å². The number of hydrogen-bond donors (Lipinski definition) is 3. The van der Waals surface area contributed by atoms with Crippen LogP contribution in [0.5, 0.6) is 0 Å². The number of anilines is 1. The summed E-state index contributed by atoms with van der Waals surface area (Å²) in [7, 11) is 0. The lowest BCUT2D eigenvalue weighted by molar-refractivity contribution is -0.689. The van der Waals surface area contributed by atoms with E-state index in [0.29, 0.717) is 22.6 Å². The van der Waals surface area contributed by atoms with Gasteiger partial charge in [0, 0.05) is 35.9 Å². The molecule has 0 saturated carbocycles. The Morgan fingerprint density at radius 3 is 2.60 bits per heavy atom. The van der Waals surface area contributed by atoms with Crippen molar-refractivity contribution in [3.63, 3.8) is 0 Å². The van der Waals surface area contributed by atoms with Crippen molar-refractivity contribution in [3.8, 4) is 11.1 Å². The smallest absolute Gasteiger partial charge is 0.414 e. The number of thioether (sulfide) groups is 1. The van der Waals surface area contributed by atoms with Crippen LogP contribution in [-0.2, 0) is 30.5 Å². The molecule has 3 aliphatic heterocycles. The van der Waals surface area contributed by atoms with Crippen LogP contribution in [0.25, 0.3) is 11.1 Å². The van der Waals surface area contributed by atoms with Crippen LogP contribution in [0.3, 0.4) is 0 Å². The number of nitrogens with one attached hydrogen (secondary N) is 2. The van der Waals surface area contributed by atoms with Crippen LogP contribution < -0.4 is 30.9 Å². The molecule has 0 radical (unpaired) electrons. The SMILES string of the molecule is CC(=O)NC[C@H]1CN(c2ccc(-c3cc[n+](CC4=C(C(=O)[O-])N5C(=O)[C@@H](NC(=O)CN)C5SC4)cc3)c(F)c2)C(=O)O1. The second-order valence-electron chi connectivity index (χ2n) is 9.88. The average molecular weight is 599 g/mol. The first-order valence-electron chi connectivity index (χ1n) is 13.0. The van der Waals surface area contributed by atoms with Crippen molar-refractivity contribution in [3.05, 3.63) is 59.8 Å². The molecule has 1 aromatic carbocycles. The van der Waals surface area contributed by atoms with E-state index in [9.17, 15) is 29.1 Å². The molecule has 15 heteroatoms. The molecule has 4 amide bonds. The molecule has 13 nitrogen and oxygen atoms in total. The van der Waals surface area contributed by atoms with Crippen LogP contribution >= 0.6 is 11.8 Å². The van der Waals surface area contributed by atoms with Gasteiger partial charge in [0.2, 0.25) is 11.8 Å². The minimum atomic E-state index is -1.49. The van der Waals surface area contributed by atoms with Gasteiger partial charge in [0.15, 0.2) is 18.9 Å². The van der Waals surface area contributed by atoms with Gasteiger partial charge in [0.1, 0.15) is 23.3 Å². The second kappa shape index (κ2) is 11.8. The number of carbonyl (C=O) groups excluding carboxylic acids is 5. The van der Waals surface area contributed by atoms with Gasteiger partial charge in [-0.15, -0.1) is 11.8 Å². The molecule has 1 unspecified atom stereocenters. The first kappa shape index (κ1) is 29.0. The number of cyclic esters (lactones) is 1. The molecule has 0 bridgehead atoms. The monoisotopic (exact) mass is 598 g/mol. The molecular formula is C27H27FN6O7S. The lowest BCUT2D eigenvalue weighted by Crippen LogP contribution is -2.71. The second-order valence-corrected chi connectivity index (χ2v) is 11.0. The van der Waals surface area contributed by atoms with Crippen molar-refractivity contribution < 1.29 is 42.8 Å². The molecule has 4 heterocycles. The fourth-order valence-electron chi connectivity index (χ4n) is 4.99. The summed E-state index contributed by atoms with van der Waals surface area (Å²) in [6.45, 7) is 1.54. The lowest BCUT2D eigenvalue weighted by Gasteiger charge is -2.50. The Morgan fingerprint density at radius 2 is 1.95 bits per heavy atom. The Balaban J connectivity index is 1.28. The molecule has 2 fully saturated rings. The summed E-state index contributed by atoms with van der Waals surface area (Å²) in [6.07, 6.45) is 2.14. The molecule has 1 aromatic heterocycles. The summed E-state index contributed by atoms with van der Waals surface area (Å²) >= 11 is 1.33. The molecule has 5 rings (SSSR count). The maximum absolute atomic E-state index is 15.1. The van der Waals surface area contributed by atoms with E-state index in [1.165, 1.54) is 29.7 Å². The highest BCUT2D eigenvalue weighted by atomic mass is 32.2. The highest BCUT2D eigenvalue weighted by molar-refractivity contribution is 8.00. The number of aliphatic carboxylic acids is 1. The van der Waals surface area contributed by atoms with Gasteiger partial charge in [-0.1, -0.05) is 0 Å². The van der Waals surface area contributed by atoms with Crippen molar-refractivity contribution in [2.24, 2.45) is 5.73 Å². The van der Waals surface area contributed by atoms with Crippen LogP contribution in [0.2, 0.25) is 0 Å². The number of rotatable bonds is 9. The Morgan fingerprint density at radius 1 is 1.21 bits per heavy atom. The van der Waals surface area contributed by atoms with E-state index in [1.54, 1.807) is 41.2 Å². The summed E-state index contributed by atoms with van der Waals surface area (Å²) in [5.74, 6) is -3.06. The van der Waals surface area contributed by atoms with Gasteiger partial charge in [-0.25, -0.2) is 13.8 Å². The van der Waals surface area contributed by atoms with Crippen molar-refractivity contribution in [2.75, 3.05) is 30.3 Å². The van der Waals surface area contributed by atoms with E-state index in [-0.39, 0.29) is 43.3 Å². The summed E-state index contributed by atoms with van der Waals surface area (Å²) in [5.41, 5.74) is 6.69. The van der Waals surface area contributed by atoms with Gasteiger partial charge in [0.25, 0.3) is 5.91 Å². The zero-order valence-corrected chi connectivity index (χ0v) is 23.2. The molecular weight excluding hydrogens is 571 g/mol. The van der Waals surface area contributed by atoms with Crippen molar-refractivity contribution in [1.29, 1.82) is 0 Å². The summed E-state index contributed by atoms with van der Waals surface area (Å²) in [4.78, 5) is 62.1. The Hall–Kier alpha value is -4.50. The minimum absolute atomic E-state index is 0.144.